The molecule has 0 saturated carbocycles. The van der Waals surface area contributed by atoms with Crippen LogP contribution in [0.1, 0.15) is 21.6 Å². The molecular formula is C14H14BrFN2O2. The van der Waals surface area contributed by atoms with Crippen LogP contribution in [0.15, 0.2) is 28.9 Å². The van der Waals surface area contributed by atoms with Crippen LogP contribution >= 0.6 is 15.9 Å². The first-order chi connectivity index (χ1) is 9.54. The van der Waals surface area contributed by atoms with E-state index in [0.29, 0.717) is 23.3 Å². The van der Waals surface area contributed by atoms with Crippen LogP contribution in [0.4, 0.5) is 4.39 Å². The van der Waals surface area contributed by atoms with E-state index in [-0.39, 0.29) is 5.56 Å². The van der Waals surface area contributed by atoms with Gasteiger partial charge in [0.05, 0.1) is 29.4 Å². The molecule has 2 rings (SSSR count). The van der Waals surface area contributed by atoms with E-state index in [1.54, 1.807) is 13.2 Å². The normalized spacial score (nSPS) is 10.8. The van der Waals surface area contributed by atoms with Crippen molar-refractivity contribution >= 4 is 21.7 Å². The molecule has 1 heterocycles. The molecule has 0 radical (unpaired) electrons. The van der Waals surface area contributed by atoms with Gasteiger partial charge in [0.2, 0.25) is 5.78 Å². The number of carbonyl (C=O) groups is 1. The van der Waals surface area contributed by atoms with Crippen LogP contribution in [0.2, 0.25) is 0 Å². The Morgan fingerprint density at radius 3 is 2.95 bits per heavy atom. The molecule has 6 heteroatoms. The van der Waals surface area contributed by atoms with Crippen molar-refractivity contribution in [2.45, 2.75) is 13.5 Å². The zero-order chi connectivity index (χ0) is 14.7. The van der Waals surface area contributed by atoms with Crippen LogP contribution in [-0.2, 0) is 11.3 Å². The van der Waals surface area contributed by atoms with Gasteiger partial charge in [-0.3, -0.25) is 9.48 Å². The molecule has 0 spiro atoms. The van der Waals surface area contributed by atoms with Crippen LogP contribution in [0.3, 0.4) is 0 Å². The Morgan fingerprint density at radius 2 is 2.25 bits per heavy atom. The van der Waals surface area contributed by atoms with E-state index in [4.69, 9.17) is 4.74 Å². The fourth-order valence-corrected chi connectivity index (χ4v) is 2.35. The average Bonchev–Trinajstić information content (AvgIpc) is 2.79. The number of ether oxygens (including phenoxy) is 1. The van der Waals surface area contributed by atoms with Crippen molar-refractivity contribution in [3.63, 3.8) is 0 Å². The highest BCUT2D eigenvalue weighted by Gasteiger charge is 2.21. The van der Waals surface area contributed by atoms with E-state index in [1.165, 1.54) is 23.0 Å². The molecule has 0 atom stereocenters. The SMILES string of the molecule is COCCn1ncc(Br)c1C(=O)c1cc(C)ccc1F. The molecular weight excluding hydrogens is 327 g/mol. The summed E-state index contributed by atoms with van der Waals surface area (Å²) >= 11 is 3.28. The van der Waals surface area contributed by atoms with Gasteiger partial charge in [-0.25, -0.2) is 4.39 Å². The molecule has 20 heavy (non-hydrogen) atoms. The molecule has 0 saturated heterocycles. The lowest BCUT2D eigenvalue weighted by Crippen LogP contribution is -2.15. The number of rotatable bonds is 5. The molecule has 106 valence electrons. The molecule has 2 aromatic rings. The van der Waals surface area contributed by atoms with Crippen LogP contribution in [0, 0.1) is 12.7 Å². The lowest BCUT2D eigenvalue weighted by molar-refractivity contribution is 0.102. The van der Waals surface area contributed by atoms with Crippen LogP contribution < -0.4 is 0 Å². The van der Waals surface area contributed by atoms with Gasteiger partial charge in [0.25, 0.3) is 0 Å². The summed E-state index contributed by atoms with van der Waals surface area (Å²) in [6.07, 6.45) is 1.52. The fourth-order valence-electron chi connectivity index (χ4n) is 1.88. The number of carbonyl (C=O) groups excluding carboxylic acids is 1. The average molecular weight is 341 g/mol. The minimum absolute atomic E-state index is 0.0462. The Balaban J connectivity index is 2.42. The lowest BCUT2D eigenvalue weighted by Gasteiger charge is -2.08. The van der Waals surface area contributed by atoms with Crippen LogP contribution in [0.5, 0.6) is 0 Å². The summed E-state index contributed by atoms with van der Waals surface area (Å²) in [6.45, 7) is 2.66. The van der Waals surface area contributed by atoms with Gasteiger partial charge in [-0.1, -0.05) is 11.6 Å². The molecule has 1 aromatic heterocycles. The summed E-state index contributed by atoms with van der Waals surface area (Å²) in [4.78, 5) is 12.5. The number of methoxy groups -OCH3 is 1. The molecule has 1 aromatic carbocycles. The number of aromatic nitrogens is 2. The van der Waals surface area contributed by atoms with Gasteiger partial charge < -0.3 is 4.74 Å². The molecule has 0 aliphatic heterocycles. The molecule has 0 unspecified atom stereocenters. The summed E-state index contributed by atoms with van der Waals surface area (Å²) in [5.41, 5.74) is 1.20. The van der Waals surface area contributed by atoms with Crippen molar-refractivity contribution in [3.8, 4) is 0 Å². The molecule has 0 N–H and O–H groups in total. The van der Waals surface area contributed by atoms with Gasteiger partial charge in [0, 0.05) is 7.11 Å². The summed E-state index contributed by atoms with van der Waals surface area (Å²) in [5, 5.41) is 4.10. The second-order valence-electron chi connectivity index (χ2n) is 4.37. The van der Waals surface area contributed by atoms with Gasteiger partial charge in [-0.2, -0.15) is 5.10 Å². The van der Waals surface area contributed by atoms with E-state index in [9.17, 15) is 9.18 Å². The molecule has 4 nitrogen and oxygen atoms in total. The highest BCUT2D eigenvalue weighted by atomic mass is 79.9. The second kappa shape index (κ2) is 6.28. The minimum atomic E-state index is -0.535. The van der Waals surface area contributed by atoms with Gasteiger partial charge in [0.1, 0.15) is 11.5 Å². The quantitative estimate of drug-likeness (QED) is 0.786. The van der Waals surface area contributed by atoms with E-state index in [2.05, 4.69) is 21.0 Å². The van der Waals surface area contributed by atoms with Crippen molar-refractivity contribution in [3.05, 3.63) is 51.5 Å². The summed E-state index contributed by atoms with van der Waals surface area (Å²) in [5.74, 6) is -0.932. The number of nitrogens with zero attached hydrogens (tertiary/aromatic N) is 2. The Kier molecular flexibility index (Phi) is 4.67. The summed E-state index contributed by atoms with van der Waals surface area (Å²) in [7, 11) is 1.57. The van der Waals surface area contributed by atoms with Gasteiger partial charge >= 0.3 is 0 Å². The monoisotopic (exact) mass is 340 g/mol. The van der Waals surface area contributed by atoms with E-state index < -0.39 is 11.6 Å². The van der Waals surface area contributed by atoms with Crippen molar-refractivity contribution in [2.24, 2.45) is 0 Å². The van der Waals surface area contributed by atoms with Crippen LogP contribution in [0.25, 0.3) is 0 Å². The highest BCUT2D eigenvalue weighted by Crippen LogP contribution is 2.22. The predicted molar refractivity (Wildman–Crippen MR) is 76.4 cm³/mol. The molecule has 0 amide bonds. The van der Waals surface area contributed by atoms with E-state index in [1.807, 2.05) is 6.92 Å². The predicted octanol–water partition coefficient (Wildman–Crippen LogP) is 2.97. The molecule has 0 aliphatic carbocycles. The summed E-state index contributed by atoms with van der Waals surface area (Å²) in [6, 6.07) is 4.47. The zero-order valence-electron chi connectivity index (χ0n) is 11.2. The maximum Gasteiger partial charge on any atom is 0.215 e. The van der Waals surface area contributed by atoms with Crippen molar-refractivity contribution < 1.29 is 13.9 Å². The smallest absolute Gasteiger partial charge is 0.215 e. The third-order valence-electron chi connectivity index (χ3n) is 2.88. The number of ketones is 1. The Bertz CT molecular complexity index is 640. The number of hydrogen-bond donors (Lipinski definition) is 0. The third-order valence-corrected chi connectivity index (χ3v) is 3.46. The maximum absolute atomic E-state index is 13.8. The largest absolute Gasteiger partial charge is 0.383 e. The van der Waals surface area contributed by atoms with E-state index >= 15 is 0 Å². The summed E-state index contributed by atoms with van der Waals surface area (Å²) < 4.78 is 20.9. The number of hydrogen-bond acceptors (Lipinski definition) is 3. The molecule has 0 aliphatic rings. The maximum atomic E-state index is 13.8. The van der Waals surface area contributed by atoms with Crippen molar-refractivity contribution in [2.75, 3.05) is 13.7 Å². The lowest BCUT2D eigenvalue weighted by atomic mass is 10.0. The Hall–Kier alpha value is -1.53. The van der Waals surface area contributed by atoms with Gasteiger partial charge in [-0.15, -0.1) is 0 Å². The number of halogens is 2. The first-order valence-corrected chi connectivity index (χ1v) is 6.85. The van der Waals surface area contributed by atoms with Crippen molar-refractivity contribution in [1.29, 1.82) is 0 Å². The standard InChI is InChI=1S/C14H14BrFN2O2/c1-9-3-4-12(16)10(7-9)14(19)13-11(15)8-17-18(13)5-6-20-2/h3-4,7-8H,5-6H2,1-2H3. The van der Waals surface area contributed by atoms with Gasteiger partial charge in [-0.05, 0) is 35.0 Å². The van der Waals surface area contributed by atoms with Gasteiger partial charge in [0.15, 0.2) is 0 Å². The molecule has 0 fully saturated rings. The third kappa shape index (κ3) is 2.96. The fraction of sp³-hybridized carbons (Fsp3) is 0.286. The second-order valence-corrected chi connectivity index (χ2v) is 5.22. The number of benzene rings is 1. The number of aryl methyl sites for hydroxylation is 1. The highest BCUT2D eigenvalue weighted by molar-refractivity contribution is 9.10. The first kappa shape index (κ1) is 14.9. The van der Waals surface area contributed by atoms with Crippen LogP contribution in [-0.4, -0.2) is 29.3 Å². The van der Waals surface area contributed by atoms with E-state index in [0.717, 1.165) is 5.56 Å². The topological polar surface area (TPSA) is 44.1 Å². The minimum Gasteiger partial charge on any atom is -0.383 e. The zero-order valence-corrected chi connectivity index (χ0v) is 12.8. The Labute approximate surface area is 124 Å². The Morgan fingerprint density at radius 1 is 1.50 bits per heavy atom. The first-order valence-electron chi connectivity index (χ1n) is 6.05. The van der Waals surface area contributed by atoms with Crippen molar-refractivity contribution in [1.82, 2.24) is 9.78 Å². The molecule has 0 bridgehead atoms.